The van der Waals surface area contributed by atoms with Crippen LogP contribution in [0, 0.1) is 10.1 Å². The van der Waals surface area contributed by atoms with Gasteiger partial charge >= 0.3 is 0 Å². The van der Waals surface area contributed by atoms with Gasteiger partial charge in [-0.05, 0) is 36.6 Å². The second-order valence-electron chi connectivity index (χ2n) is 5.94. The van der Waals surface area contributed by atoms with Crippen LogP contribution in [0.4, 0.5) is 5.69 Å². The first-order valence-electron chi connectivity index (χ1n) is 8.37. The highest BCUT2D eigenvalue weighted by molar-refractivity contribution is 5.36. The van der Waals surface area contributed by atoms with Gasteiger partial charge in [-0.2, -0.15) is 0 Å². The second-order valence-corrected chi connectivity index (χ2v) is 5.94. The van der Waals surface area contributed by atoms with Crippen LogP contribution in [0.3, 0.4) is 0 Å². The molecule has 0 saturated heterocycles. The molecule has 2 N–H and O–H groups in total. The summed E-state index contributed by atoms with van der Waals surface area (Å²) >= 11 is 0. The van der Waals surface area contributed by atoms with Crippen LogP contribution >= 0.6 is 0 Å². The molecule has 0 amide bonds. The van der Waals surface area contributed by atoms with Crippen molar-refractivity contribution in [1.29, 1.82) is 0 Å². The number of hydrogen-bond donors (Lipinski definition) is 2. The van der Waals surface area contributed by atoms with Crippen molar-refractivity contribution in [1.82, 2.24) is 5.32 Å². The molecule has 0 aliphatic rings. The number of hydrogen-bond acceptors (Lipinski definition) is 5. The van der Waals surface area contributed by atoms with Gasteiger partial charge in [0.1, 0.15) is 18.5 Å². The summed E-state index contributed by atoms with van der Waals surface area (Å²) in [6.07, 6.45) is 0.341. The maximum atomic E-state index is 10.6. The first-order chi connectivity index (χ1) is 12.0. The Kier molecular flexibility index (Phi) is 6.91. The van der Waals surface area contributed by atoms with E-state index in [2.05, 4.69) is 36.5 Å². The fourth-order valence-corrected chi connectivity index (χ4v) is 2.39. The van der Waals surface area contributed by atoms with Crippen LogP contribution in [0.15, 0.2) is 48.5 Å². The number of nitro groups is 1. The van der Waals surface area contributed by atoms with Crippen molar-refractivity contribution in [2.24, 2.45) is 0 Å². The highest BCUT2D eigenvalue weighted by Crippen LogP contribution is 2.17. The topological polar surface area (TPSA) is 84.6 Å². The monoisotopic (exact) mass is 344 g/mol. The molecular weight excluding hydrogens is 320 g/mol. The summed E-state index contributed by atoms with van der Waals surface area (Å²) in [7, 11) is 0. The number of ether oxygens (including phenoxy) is 1. The Bertz CT molecular complexity index is 671. The van der Waals surface area contributed by atoms with Crippen LogP contribution in [0.1, 0.15) is 31.0 Å². The van der Waals surface area contributed by atoms with E-state index >= 15 is 0 Å². The molecule has 6 nitrogen and oxygen atoms in total. The molecule has 6 heteroatoms. The molecule has 2 atom stereocenters. The van der Waals surface area contributed by atoms with Gasteiger partial charge < -0.3 is 15.2 Å². The van der Waals surface area contributed by atoms with Crippen LogP contribution in [0.5, 0.6) is 5.75 Å². The van der Waals surface area contributed by atoms with Gasteiger partial charge in [0.15, 0.2) is 0 Å². The summed E-state index contributed by atoms with van der Waals surface area (Å²) in [5, 5.41) is 23.9. The van der Waals surface area contributed by atoms with E-state index in [1.165, 1.54) is 35.4 Å². The zero-order valence-corrected chi connectivity index (χ0v) is 14.5. The van der Waals surface area contributed by atoms with Crippen molar-refractivity contribution in [3.05, 3.63) is 69.8 Å². The van der Waals surface area contributed by atoms with Crippen LogP contribution in [-0.2, 0) is 6.42 Å². The average molecular weight is 344 g/mol. The smallest absolute Gasteiger partial charge is 0.269 e. The zero-order chi connectivity index (χ0) is 18.2. The molecule has 0 spiro atoms. The third-order valence-corrected chi connectivity index (χ3v) is 4.04. The van der Waals surface area contributed by atoms with Gasteiger partial charge in [-0.3, -0.25) is 10.1 Å². The largest absolute Gasteiger partial charge is 0.491 e. The number of benzene rings is 2. The van der Waals surface area contributed by atoms with Gasteiger partial charge in [0.05, 0.1) is 4.92 Å². The first-order valence-corrected chi connectivity index (χ1v) is 8.37. The van der Waals surface area contributed by atoms with E-state index in [0.717, 1.165) is 6.42 Å². The minimum atomic E-state index is -0.674. The lowest BCUT2D eigenvalue weighted by molar-refractivity contribution is -0.384. The second kappa shape index (κ2) is 9.15. The van der Waals surface area contributed by atoms with E-state index in [0.29, 0.717) is 12.3 Å². The normalized spacial score (nSPS) is 13.2. The maximum absolute atomic E-state index is 10.6. The molecule has 2 aromatic rings. The molecule has 0 aromatic heterocycles. The number of nitro benzene ring substituents is 1. The van der Waals surface area contributed by atoms with Crippen LogP contribution in [0.2, 0.25) is 0 Å². The van der Waals surface area contributed by atoms with E-state index in [1.807, 2.05) is 6.92 Å². The van der Waals surface area contributed by atoms with E-state index in [9.17, 15) is 15.2 Å². The Morgan fingerprint density at radius 2 is 1.80 bits per heavy atom. The number of aliphatic hydroxyl groups excluding tert-OH is 1. The third kappa shape index (κ3) is 5.85. The summed E-state index contributed by atoms with van der Waals surface area (Å²) in [4.78, 5) is 10.1. The lowest BCUT2D eigenvalue weighted by Gasteiger charge is -2.18. The molecule has 2 unspecified atom stereocenters. The SMILES string of the molecule is CCc1ccc(C(C)NCC(O)COc2ccc([N+](=O)[O-])cc2)cc1. The molecule has 2 aromatic carbocycles. The number of aryl methyl sites for hydroxylation is 1. The standard InChI is InChI=1S/C19H24N2O4/c1-3-15-4-6-16(7-5-15)14(2)20-12-18(22)13-25-19-10-8-17(9-11-19)21(23)24/h4-11,14,18,20,22H,3,12-13H2,1-2H3. The predicted molar refractivity (Wildman–Crippen MR) is 96.8 cm³/mol. The Labute approximate surface area is 147 Å². The van der Waals surface area contributed by atoms with Crippen molar-refractivity contribution in [2.45, 2.75) is 32.4 Å². The molecular formula is C19H24N2O4. The van der Waals surface area contributed by atoms with Crippen LogP contribution in [0.25, 0.3) is 0 Å². The van der Waals surface area contributed by atoms with Crippen molar-refractivity contribution in [3.8, 4) is 5.75 Å². The Hall–Kier alpha value is -2.44. The van der Waals surface area contributed by atoms with Crippen LogP contribution < -0.4 is 10.1 Å². The van der Waals surface area contributed by atoms with E-state index in [4.69, 9.17) is 4.74 Å². The molecule has 0 aliphatic heterocycles. The molecule has 0 bridgehead atoms. The van der Waals surface area contributed by atoms with E-state index < -0.39 is 11.0 Å². The molecule has 0 heterocycles. The summed E-state index contributed by atoms with van der Waals surface area (Å²) in [6.45, 7) is 4.68. The number of nitrogens with one attached hydrogen (secondary N) is 1. The van der Waals surface area contributed by atoms with Gasteiger partial charge in [0.25, 0.3) is 5.69 Å². The van der Waals surface area contributed by atoms with Crippen LogP contribution in [-0.4, -0.2) is 29.3 Å². The Morgan fingerprint density at radius 3 is 2.36 bits per heavy atom. The predicted octanol–water partition coefficient (Wildman–Crippen LogP) is 3.25. The molecule has 0 saturated carbocycles. The Balaban J connectivity index is 1.75. The summed E-state index contributed by atoms with van der Waals surface area (Å²) in [6, 6.07) is 14.3. The first kappa shape index (κ1) is 18.9. The van der Waals surface area contributed by atoms with Crippen molar-refractivity contribution in [2.75, 3.05) is 13.2 Å². The molecule has 0 radical (unpaired) electrons. The number of nitrogens with zero attached hydrogens (tertiary/aromatic N) is 1. The van der Waals surface area contributed by atoms with Gasteiger partial charge in [-0.1, -0.05) is 31.2 Å². The van der Waals surface area contributed by atoms with Crippen molar-refractivity contribution in [3.63, 3.8) is 0 Å². The number of aliphatic hydroxyl groups is 1. The summed E-state index contributed by atoms with van der Waals surface area (Å²) < 4.78 is 5.46. The number of rotatable bonds is 9. The van der Waals surface area contributed by atoms with Gasteiger partial charge in [-0.15, -0.1) is 0 Å². The maximum Gasteiger partial charge on any atom is 0.269 e. The number of non-ortho nitro benzene ring substituents is 1. The summed E-state index contributed by atoms with van der Waals surface area (Å²) in [5.41, 5.74) is 2.48. The third-order valence-electron chi connectivity index (χ3n) is 4.04. The minimum absolute atomic E-state index is 0.0116. The average Bonchev–Trinajstić information content (AvgIpc) is 2.64. The van der Waals surface area contributed by atoms with E-state index in [1.54, 1.807) is 0 Å². The molecule has 134 valence electrons. The lowest BCUT2D eigenvalue weighted by Crippen LogP contribution is -2.33. The molecule has 2 rings (SSSR count). The lowest BCUT2D eigenvalue weighted by atomic mass is 10.0. The fourth-order valence-electron chi connectivity index (χ4n) is 2.39. The Morgan fingerprint density at radius 1 is 1.16 bits per heavy atom. The van der Waals surface area contributed by atoms with Crippen molar-refractivity contribution < 1.29 is 14.8 Å². The summed E-state index contributed by atoms with van der Waals surface area (Å²) in [5.74, 6) is 0.493. The van der Waals surface area contributed by atoms with Gasteiger partial charge in [0, 0.05) is 24.7 Å². The quantitative estimate of drug-likeness (QED) is 0.539. The molecule has 25 heavy (non-hydrogen) atoms. The molecule has 0 aliphatic carbocycles. The van der Waals surface area contributed by atoms with Crippen molar-refractivity contribution >= 4 is 5.69 Å². The van der Waals surface area contributed by atoms with Gasteiger partial charge in [0.2, 0.25) is 0 Å². The van der Waals surface area contributed by atoms with Gasteiger partial charge in [-0.25, -0.2) is 0 Å². The highest BCUT2D eigenvalue weighted by atomic mass is 16.6. The molecule has 0 fully saturated rings. The van der Waals surface area contributed by atoms with E-state index in [-0.39, 0.29) is 18.3 Å². The minimum Gasteiger partial charge on any atom is -0.491 e. The fraction of sp³-hybridized carbons (Fsp3) is 0.368. The zero-order valence-electron chi connectivity index (χ0n) is 14.5. The highest BCUT2D eigenvalue weighted by Gasteiger charge is 2.10.